The molecule has 0 saturated carbocycles. The highest BCUT2D eigenvalue weighted by Crippen LogP contribution is 2.15. The number of aromatic nitrogens is 4. The first-order valence-electron chi connectivity index (χ1n) is 9.96. The van der Waals surface area contributed by atoms with Gasteiger partial charge < -0.3 is 4.57 Å². The average molecular weight is 406 g/mol. The molecule has 2 heterocycles. The van der Waals surface area contributed by atoms with E-state index in [1.165, 1.54) is 27.6 Å². The van der Waals surface area contributed by atoms with Crippen LogP contribution in [-0.4, -0.2) is 18.7 Å². The molecule has 0 N–H and O–H groups in total. The first-order chi connectivity index (χ1) is 14.5. The van der Waals surface area contributed by atoms with E-state index in [1.807, 2.05) is 44.2 Å². The summed E-state index contributed by atoms with van der Waals surface area (Å²) in [5.74, 6) is 0.00170. The number of para-hydroxylation sites is 1. The summed E-state index contributed by atoms with van der Waals surface area (Å²) in [6.07, 6.45) is 2.23. The highest BCUT2D eigenvalue weighted by atomic mass is 19.1. The molecule has 0 aliphatic rings. The maximum absolute atomic E-state index is 13.6. The smallest absolute Gasteiger partial charge is 0.320 e. The number of hydrogen-bond acceptors (Lipinski definition) is 3. The van der Waals surface area contributed by atoms with Crippen molar-refractivity contribution in [2.24, 2.45) is 5.92 Å². The molecule has 0 atom stereocenters. The van der Waals surface area contributed by atoms with Crippen molar-refractivity contribution in [1.29, 1.82) is 0 Å². The number of benzene rings is 2. The van der Waals surface area contributed by atoms with E-state index < -0.39 is 5.69 Å². The third-order valence-electron chi connectivity index (χ3n) is 5.09. The maximum Gasteiger partial charge on any atom is 0.337 e. The van der Waals surface area contributed by atoms with Gasteiger partial charge in [-0.1, -0.05) is 44.2 Å². The van der Waals surface area contributed by atoms with Crippen LogP contribution >= 0.6 is 0 Å². The molecule has 2 aromatic carbocycles. The first-order valence-corrected chi connectivity index (χ1v) is 9.96. The predicted molar refractivity (Wildman–Crippen MR) is 115 cm³/mol. The summed E-state index contributed by atoms with van der Waals surface area (Å²) in [5, 5.41) is 0. The van der Waals surface area contributed by atoms with Crippen molar-refractivity contribution in [1.82, 2.24) is 18.7 Å². The van der Waals surface area contributed by atoms with Crippen LogP contribution in [0.1, 0.15) is 25.8 Å². The van der Waals surface area contributed by atoms with E-state index in [1.54, 1.807) is 16.7 Å². The molecule has 4 rings (SSSR count). The molecule has 7 heteroatoms. The first kappa shape index (κ1) is 19.8. The molecular weight excluding hydrogens is 383 g/mol. The SMILES string of the molecule is CC(C)CCn1c(=O)c2c(ncn2Cc2cccc(F)c2)n(-c2ccccc2)c1=O. The van der Waals surface area contributed by atoms with Crippen LogP contribution in [0.15, 0.2) is 70.5 Å². The minimum atomic E-state index is -0.407. The van der Waals surface area contributed by atoms with Crippen molar-refractivity contribution >= 4 is 11.2 Å². The third kappa shape index (κ3) is 3.70. The highest BCUT2D eigenvalue weighted by molar-refractivity contribution is 5.72. The summed E-state index contributed by atoms with van der Waals surface area (Å²) in [7, 11) is 0. The Labute approximate surface area is 172 Å². The molecule has 2 aromatic heterocycles. The summed E-state index contributed by atoms with van der Waals surface area (Å²) < 4.78 is 18.1. The molecule has 0 amide bonds. The zero-order valence-corrected chi connectivity index (χ0v) is 17.0. The Morgan fingerprint density at radius 3 is 2.50 bits per heavy atom. The maximum atomic E-state index is 13.6. The topological polar surface area (TPSA) is 61.8 Å². The molecule has 154 valence electrons. The van der Waals surface area contributed by atoms with E-state index in [0.717, 1.165) is 0 Å². The minimum Gasteiger partial charge on any atom is -0.320 e. The summed E-state index contributed by atoms with van der Waals surface area (Å²) in [4.78, 5) is 30.9. The van der Waals surface area contributed by atoms with Crippen LogP contribution in [0.2, 0.25) is 0 Å². The zero-order chi connectivity index (χ0) is 21.3. The standard InChI is InChI=1S/C23H23FN4O2/c1-16(2)11-12-27-22(29)20-21(28(23(27)30)19-9-4-3-5-10-19)25-15-26(20)14-17-7-6-8-18(24)13-17/h3-10,13,15-16H,11-12,14H2,1-2H3. The Morgan fingerprint density at radius 1 is 1.03 bits per heavy atom. The number of rotatable bonds is 6. The van der Waals surface area contributed by atoms with Gasteiger partial charge in [0.2, 0.25) is 0 Å². The molecule has 0 fully saturated rings. The molecular formula is C23H23FN4O2. The number of nitrogens with zero attached hydrogens (tertiary/aromatic N) is 4. The van der Waals surface area contributed by atoms with Gasteiger partial charge in [0, 0.05) is 13.1 Å². The van der Waals surface area contributed by atoms with Gasteiger partial charge in [0.1, 0.15) is 5.82 Å². The molecule has 0 aliphatic heterocycles. The summed E-state index contributed by atoms with van der Waals surface area (Å²) in [6.45, 7) is 4.70. The van der Waals surface area contributed by atoms with Crippen molar-refractivity contribution in [3.05, 3.63) is 93.1 Å². The molecule has 4 aromatic rings. The van der Waals surface area contributed by atoms with Crippen LogP contribution in [0.3, 0.4) is 0 Å². The molecule has 0 aliphatic carbocycles. The lowest BCUT2D eigenvalue weighted by atomic mass is 10.1. The molecule has 30 heavy (non-hydrogen) atoms. The van der Waals surface area contributed by atoms with E-state index >= 15 is 0 Å². The van der Waals surface area contributed by atoms with Crippen molar-refractivity contribution in [2.45, 2.75) is 33.4 Å². The van der Waals surface area contributed by atoms with Crippen LogP contribution in [0, 0.1) is 11.7 Å². The van der Waals surface area contributed by atoms with Crippen LogP contribution in [0.25, 0.3) is 16.9 Å². The van der Waals surface area contributed by atoms with Crippen LogP contribution < -0.4 is 11.2 Å². The molecule has 0 spiro atoms. The Hall–Kier alpha value is -3.48. The average Bonchev–Trinajstić information content (AvgIpc) is 3.12. The largest absolute Gasteiger partial charge is 0.337 e. The Bertz CT molecular complexity index is 1300. The number of fused-ring (bicyclic) bond motifs is 1. The Kier molecular flexibility index (Phi) is 5.35. The lowest BCUT2D eigenvalue weighted by Crippen LogP contribution is -2.40. The minimum absolute atomic E-state index is 0.278. The second kappa shape index (κ2) is 8.10. The van der Waals surface area contributed by atoms with Gasteiger partial charge in [0.25, 0.3) is 5.56 Å². The summed E-state index contributed by atoms with van der Waals surface area (Å²) >= 11 is 0. The Morgan fingerprint density at radius 2 is 1.80 bits per heavy atom. The second-order valence-electron chi connectivity index (χ2n) is 7.77. The monoisotopic (exact) mass is 406 g/mol. The van der Waals surface area contributed by atoms with Crippen LogP contribution in [0.5, 0.6) is 0 Å². The van der Waals surface area contributed by atoms with Crippen molar-refractivity contribution in [3.63, 3.8) is 0 Å². The second-order valence-corrected chi connectivity index (χ2v) is 7.77. The quantitative estimate of drug-likeness (QED) is 0.492. The van der Waals surface area contributed by atoms with Gasteiger partial charge in [0.05, 0.1) is 12.0 Å². The summed E-state index contributed by atoms with van der Waals surface area (Å²) in [6, 6.07) is 15.4. The Balaban J connectivity index is 1.95. The van der Waals surface area contributed by atoms with Gasteiger partial charge in [0.15, 0.2) is 11.2 Å². The van der Waals surface area contributed by atoms with Crippen molar-refractivity contribution in [3.8, 4) is 5.69 Å². The summed E-state index contributed by atoms with van der Waals surface area (Å²) in [5.41, 5.74) is 1.19. The molecule has 0 saturated heterocycles. The molecule has 0 unspecified atom stereocenters. The van der Waals surface area contributed by atoms with Gasteiger partial charge in [-0.3, -0.25) is 9.36 Å². The fourth-order valence-electron chi connectivity index (χ4n) is 3.53. The highest BCUT2D eigenvalue weighted by Gasteiger charge is 2.19. The van der Waals surface area contributed by atoms with E-state index in [2.05, 4.69) is 4.98 Å². The lowest BCUT2D eigenvalue weighted by Gasteiger charge is -2.13. The van der Waals surface area contributed by atoms with Gasteiger partial charge in [-0.2, -0.15) is 0 Å². The van der Waals surface area contributed by atoms with E-state index in [-0.39, 0.29) is 17.9 Å². The normalized spacial score (nSPS) is 11.5. The number of hydrogen-bond donors (Lipinski definition) is 0. The number of imidazole rings is 1. The van der Waals surface area contributed by atoms with E-state index in [9.17, 15) is 14.0 Å². The van der Waals surface area contributed by atoms with Crippen molar-refractivity contribution < 1.29 is 4.39 Å². The fourth-order valence-corrected chi connectivity index (χ4v) is 3.53. The van der Waals surface area contributed by atoms with Crippen molar-refractivity contribution in [2.75, 3.05) is 0 Å². The van der Waals surface area contributed by atoms with E-state index in [0.29, 0.717) is 41.3 Å². The van der Waals surface area contributed by atoms with Gasteiger partial charge in [-0.25, -0.2) is 18.7 Å². The lowest BCUT2D eigenvalue weighted by molar-refractivity contribution is 0.491. The van der Waals surface area contributed by atoms with E-state index in [4.69, 9.17) is 0 Å². The van der Waals surface area contributed by atoms with Crippen LogP contribution in [0.4, 0.5) is 4.39 Å². The fraction of sp³-hybridized carbons (Fsp3) is 0.261. The van der Waals surface area contributed by atoms with Gasteiger partial charge in [-0.05, 0) is 42.2 Å². The predicted octanol–water partition coefficient (Wildman–Crippen LogP) is 3.58. The van der Waals surface area contributed by atoms with Gasteiger partial charge >= 0.3 is 5.69 Å². The molecule has 0 bridgehead atoms. The molecule has 0 radical (unpaired) electrons. The third-order valence-corrected chi connectivity index (χ3v) is 5.09. The van der Waals surface area contributed by atoms with Crippen LogP contribution in [-0.2, 0) is 13.1 Å². The van der Waals surface area contributed by atoms with Gasteiger partial charge in [-0.15, -0.1) is 0 Å². The number of halogens is 1. The molecule has 6 nitrogen and oxygen atoms in total. The zero-order valence-electron chi connectivity index (χ0n) is 17.0.